The SMILES string of the molecule is CNC(=O)N1CCC2(COCc3cnc(NCC4CC4)nc32)C1. The van der Waals surface area contributed by atoms with Gasteiger partial charge in [0.15, 0.2) is 0 Å². The van der Waals surface area contributed by atoms with Crippen molar-refractivity contribution in [3.05, 3.63) is 17.5 Å². The number of likely N-dealkylation sites (tertiary alicyclic amines) is 1. The van der Waals surface area contributed by atoms with Crippen LogP contribution in [0.2, 0.25) is 0 Å². The monoisotopic (exact) mass is 317 g/mol. The molecule has 1 aromatic heterocycles. The third-order valence-corrected chi connectivity index (χ3v) is 5.10. The number of hydrogen-bond acceptors (Lipinski definition) is 5. The van der Waals surface area contributed by atoms with E-state index in [1.165, 1.54) is 12.8 Å². The number of carbonyl (C=O) groups excluding carboxylic acids is 1. The van der Waals surface area contributed by atoms with Crippen molar-refractivity contribution in [2.24, 2.45) is 5.92 Å². The summed E-state index contributed by atoms with van der Waals surface area (Å²) in [6.45, 7) is 3.51. The Morgan fingerprint density at radius 1 is 1.52 bits per heavy atom. The van der Waals surface area contributed by atoms with Gasteiger partial charge in [0.1, 0.15) is 0 Å². The lowest BCUT2D eigenvalue weighted by Crippen LogP contribution is -2.43. The van der Waals surface area contributed by atoms with Gasteiger partial charge in [0, 0.05) is 38.4 Å². The second-order valence-corrected chi connectivity index (χ2v) is 6.89. The molecule has 1 aliphatic carbocycles. The second kappa shape index (κ2) is 5.63. The average Bonchev–Trinajstić information content (AvgIpc) is 3.32. The fraction of sp³-hybridized carbons (Fsp3) is 0.688. The summed E-state index contributed by atoms with van der Waals surface area (Å²) in [5, 5.41) is 6.06. The number of fused-ring (bicyclic) bond motifs is 2. The normalized spacial score (nSPS) is 26.2. The van der Waals surface area contributed by atoms with Crippen molar-refractivity contribution in [1.29, 1.82) is 0 Å². The van der Waals surface area contributed by atoms with Crippen LogP contribution in [-0.2, 0) is 16.8 Å². The summed E-state index contributed by atoms with van der Waals surface area (Å²) in [6.07, 6.45) is 5.36. The molecule has 3 aliphatic rings. The molecule has 1 saturated heterocycles. The number of urea groups is 1. The van der Waals surface area contributed by atoms with Gasteiger partial charge in [-0.25, -0.2) is 14.8 Å². The predicted octanol–water partition coefficient (Wildman–Crippen LogP) is 1.11. The molecule has 124 valence electrons. The first-order chi connectivity index (χ1) is 11.2. The van der Waals surface area contributed by atoms with Crippen LogP contribution in [0.4, 0.5) is 10.7 Å². The van der Waals surface area contributed by atoms with Gasteiger partial charge in [0.05, 0.1) is 24.3 Å². The smallest absolute Gasteiger partial charge is 0.317 e. The molecule has 1 unspecified atom stereocenters. The maximum Gasteiger partial charge on any atom is 0.317 e. The minimum absolute atomic E-state index is 0.0323. The number of amides is 2. The molecule has 0 aromatic carbocycles. The number of rotatable bonds is 3. The predicted molar refractivity (Wildman–Crippen MR) is 85.2 cm³/mol. The summed E-state index contributed by atoms with van der Waals surface area (Å²) in [6, 6.07) is -0.0323. The number of anilines is 1. The van der Waals surface area contributed by atoms with E-state index >= 15 is 0 Å². The lowest BCUT2D eigenvalue weighted by Gasteiger charge is -2.34. The van der Waals surface area contributed by atoms with Crippen LogP contribution in [0, 0.1) is 5.92 Å². The molecule has 0 bridgehead atoms. The molecule has 1 spiro atoms. The lowest BCUT2D eigenvalue weighted by atomic mass is 9.81. The molecule has 7 nitrogen and oxygen atoms in total. The number of nitrogens with one attached hydrogen (secondary N) is 2. The van der Waals surface area contributed by atoms with E-state index in [1.54, 1.807) is 7.05 Å². The van der Waals surface area contributed by atoms with Crippen molar-refractivity contribution in [2.75, 3.05) is 38.6 Å². The van der Waals surface area contributed by atoms with Crippen LogP contribution >= 0.6 is 0 Å². The summed E-state index contributed by atoms with van der Waals surface area (Å²) in [5.74, 6) is 1.48. The minimum Gasteiger partial charge on any atom is -0.376 e. The zero-order valence-electron chi connectivity index (χ0n) is 13.5. The highest BCUT2D eigenvalue weighted by molar-refractivity contribution is 5.74. The topological polar surface area (TPSA) is 79.4 Å². The van der Waals surface area contributed by atoms with Crippen LogP contribution in [-0.4, -0.2) is 54.2 Å². The van der Waals surface area contributed by atoms with Gasteiger partial charge in [0.25, 0.3) is 0 Å². The minimum atomic E-state index is -0.195. The first-order valence-corrected chi connectivity index (χ1v) is 8.35. The molecule has 4 rings (SSSR count). The molecule has 2 aliphatic heterocycles. The Labute approximate surface area is 135 Å². The molecule has 2 amide bonds. The number of nitrogens with zero attached hydrogens (tertiary/aromatic N) is 3. The summed E-state index contributed by atoms with van der Waals surface area (Å²) < 4.78 is 5.78. The highest BCUT2D eigenvalue weighted by Gasteiger charge is 2.46. The van der Waals surface area contributed by atoms with Crippen LogP contribution in [0.3, 0.4) is 0 Å². The van der Waals surface area contributed by atoms with Crippen LogP contribution in [0.15, 0.2) is 6.20 Å². The van der Waals surface area contributed by atoms with Crippen LogP contribution in [0.5, 0.6) is 0 Å². The quantitative estimate of drug-likeness (QED) is 0.873. The van der Waals surface area contributed by atoms with E-state index in [9.17, 15) is 4.79 Å². The molecule has 1 atom stereocenters. The average molecular weight is 317 g/mol. The van der Waals surface area contributed by atoms with E-state index in [1.807, 2.05) is 11.1 Å². The Balaban J connectivity index is 1.58. The molecule has 2 N–H and O–H groups in total. The van der Waals surface area contributed by atoms with E-state index in [-0.39, 0.29) is 11.4 Å². The first kappa shape index (κ1) is 14.7. The molecule has 0 radical (unpaired) electrons. The third kappa shape index (κ3) is 2.73. The fourth-order valence-corrected chi connectivity index (χ4v) is 3.55. The van der Waals surface area contributed by atoms with Gasteiger partial charge < -0.3 is 20.3 Å². The lowest BCUT2D eigenvalue weighted by molar-refractivity contribution is 0.0519. The maximum atomic E-state index is 11.9. The van der Waals surface area contributed by atoms with Crippen LogP contribution in [0.25, 0.3) is 0 Å². The molecule has 2 fully saturated rings. The van der Waals surface area contributed by atoms with Crippen molar-refractivity contribution in [3.63, 3.8) is 0 Å². The van der Waals surface area contributed by atoms with E-state index in [2.05, 4.69) is 15.6 Å². The Bertz CT molecular complexity index is 618. The Morgan fingerprint density at radius 3 is 3.17 bits per heavy atom. The van der Waals surface area contributed by atoms with Crippen LogP contribution < -0.4 is 10.6 Å². The highest BCUT2D eigenvalue weighted by Crippen LogP contribution is 2.39. The second-order valence-electron chi connectivity index (χ2n) is 6.89. The first-order valence-electron chi connectivity index (χ1n) is 8.35. The van der Waals surface area contributed by atoms with Gasteiger partial charge in [-0.15, -0.1) is 0 Å². The van der Waals surface area contributed by atoms with Gasteiger partial charge >= 0.3 is 6.03 Å². The van der Waals surface area contributed by atoms with Crippen molar-refractivity contribution in [1.82, 2.24) is 20.2 Å². The van der Waals surface area contributed by atoms with E-state index in [0.29, 0.717) is 25.7 Å². The number of carbonyl (C=O) groups is 1. The molecular formula is C16H23N5O2. The summed E-state index contributed by atoms with van der Waals surface area (Å²) >= 11 is 0. The summed E-state index contributed by atoms with van der Waals surface area (Å²) in [5.41, 5.74) is 1.91. The summed E-state index contributed by atoms with van der Waals surface area (Å²) in [4.78, 5) is 23.0. The van der Waals surface area contributed by atoms with Gasteiger partial charge in [-0.05, 0) is 25.2 Å². The van der Waals surface area contributed by atoms with E-state index < -0.39 is 0 Å². The molecule has 23 heavy (non-hydrogen) atoms. The van der Waals surface area contributed by atoms with Crippen molar-refractivity contribution in [3.8, 4) is 0 Å². The van der Waals surface area contributed by atoms with Gasteiger partial charge in [-0.1, -0.05) is 0 Å². The van der Waals surface area contributed by atoms with E-state index in [0.717, 1.165) is 36.7 Å². The molecule has 7 heteroatoms. The standard InChI is InChI=1S/C16H23N5O2/c1-17-15(22)21-5-4-16(9-21)10-23-8-12-7-19-14(20-13(12)16)18-6-11-2-3-11/h7,11H,2-6,8-10H2,1H3,(H,17,22)(H,18,19,20). The number of hydrogen-bond donors (Lipinski definition) is 2. The molecular weight excluding hydrogens is 294 g/mol. The van der Waals surface area contributed by atoms with Gasteiger partial charge in [0.2, 0.25) is 5.95 Å². The fourth-order valence-electron chi connectivity index (χ4n) is 3.55. The van der Waals surface area contributed by atoms with Gasteiger partial charge in [-0.2, -0.15) is 0 Å². The van der Waals surface area contributed by atoms with Crippen molar-refractivity contribution < 1.29 is 9.53 Å². The van der Waals surface area contributed by atoms with E-state index in [4.69, 9.17) is 9.72 Å². The Morgan fingerprint density at radius 2 is 2.39 bits per heavy atom. The molecule has 1 saturated carbocycles. The van der Waals surface area contributed by atoms with Gasteiger partial charge in [-0.3, -0.25) is 0 Å². The zero-order chi connectivity index (χ0) is 15.9. The molecule has 3 heterocycles. The Hall–Kier alpha value is -1.89. The maximum absolute atomic E-state index is 11.9. The zero-order valence-corrected chi connectivity index (χ0v) is 13.5. The summed E-state index contributed by atoms with van der Waals surface area (Å²) in [7, 11) is 1.67. The van der Waals surface area contributed by atoms with Crippen molar-refractivity contribution >= 4 is 12.0 Å². The van der Waals surface area contributed by atoms with Crippen LogP contribution in [0.1, 0.15) is 30.5 Å². The Kier molecular flexibility index (Phi) is 3.60. The highest BCUT2D eigenvalue weighted by atomic mass is 16.5. The number of ether oxygens (including phenoxy) is 1. The third-order valence-electron chi connectivity index (χ3n) is 5.10. The number of aromatic nitrogens is 2. The van der Waals surface area contributed by atoms with Crippen molar-refractivity contribution in [2.45, 2.75) is 31.3 Å². The largest absolute Gasteiger partial charge is 0.376 e. The molecule has 1 aromatic rings.